The van der Waals surface area contributed by atoms with Crippen molar-refractivity contribution in [3.8, 4) is 28.3 Å². The van der Waals surface area contributed by atoms with Gasteiger partial charge in [-0.15, -0.1) is 11.3 Å². The molecule has 11 nitrogen and oxygen atoms in total. The first-order valence-corrected chi connectivity index (χ1v) is 19.6. The van der Waals surface area contributed by atoms with Crippen LogP contribution in [0.5, 0.6) is 5.88 Å². The standard InChI is InChI=1S/C39H39Cl2F2N7O4S/c1-21-15-29(48-38(54-39(42)43)27(21)18-44-17-23-10-11-31(51)46-23)26-8-2-6-24(34(26)40)25-7-3-9-28(35(25)41)47-37-36-30(12-13-45-37)55-32(49-36)20-50-14-4-5-22(19-50)16-33(52)53/h2-3,6-9,12-13,15,22-23,39,44H,4-5,10-11,14,16-20H2,1H3,(H,45,47)(H,46,51)(H,52,53)/t22?,23-/m0/s1. The van der Waals surface area contributed by atoms with E-state index in [1.165, 1.54) is 0 Å². The Labute approximate surface area is 330 Å². The van der Waals surface area contributed by atoms with Gasteiger partial charge >= 0.3 is 12.6 Å². The number of ether oxygens (including phenoxy) is 1. The van der Waals surface area contributed by atoms with Gasteiger partial charge in [0, 0.05) is 67.0 Å². The quantitative estimate of drug-likeness (QED) is 0.0864. The Balaban J connectivity index is 1.12. The van der Waals surface area contributed by atoms with Crippen molar-refractivity contribution in [1.82, 2.24) is 30.5 Å². The van der Waals surface area contributed by atoms with Crippen molar-refractivity contribution in [3.05, 3.63) is 80.9 Å². The summed E-state index contributed by atoms with van der Waals surface area (Å²) in [6, 6.07) is 14.6. The summed E-state index contributed by atoms with van der Waals surface area (Å²) >= 11 is 15.7. The number of nitrogens with zero attached hydrogens (tertiary/aromatic N) is 4. The molecule has 0 spiro atoms. The molecule has 0 radical (unpaired) electrons. The second-order valence-corrected chi connectivity index (χ2v) is 15.7. The fourth-order valence-corrected chi connectivity index (χ4v) is 8.87. The molecule has 2 aromatic carbocycles. The molecule has 16 heteroatoms. The number of carboxylic acid groups (broad SMARTS) is 1. The van der Waals surface area contributed by atoms with Crippen LogP contribution in [-0.2, 0) is 22.7 Å². The smallest absolute Gasteiger partial charge is 0.388 e. The molecule has 5 aromatic rings. The third-order valence-electron chi connectivity index (χ3n) is 9.88. The van der Waals surface area contributed by atoms with Gasteiger partial charge in [0.15, 0.2) is 5.82 Å². The highest BCUT2D eigenvalue weighted by molar-refractivity contribution is 7.18. The van der Waals surface area contributed by atoms with E-state index in [1.54, 1.807) is 42.7 Å². The largest absolute Gasteiger partial charge is 0.481 e. The number of rotatable bonds is 14. The fourth-order valence-electron chi connectivity index (χ4n) is 7.27. The molecule has 2 aliphatic heterocycles. The Morgan fingerprint density at radius 2 is 1.89 bits per heavy atom. The summed E-state index contributed by atoms with van der Waals surface area (Å²) in [6.45, 7) is 1.66. The van der Waals surface area contributed by atoms with Gasteiger partial charge in [-0.2, -0.15) is 8.78 Å². The number of pyridine rings is 2. The van der Waals surface area contributed by atoms with Crippen LogP contribution in [0.1, 0.15) is 48.2 Å². The Hall–Kier alpha value is -4.47. The zero-order chi connectivity index (χ0) is 38.6. The van der Waals surface area contributed by atoms with E-state index in [9.17, 15) is 23.5 Å². The number of carboxylic acids is 1. The lowest BCUT2D eigenvalue weighted by Gasteiger charge is -2.31. The van der Waals surface area contributed by atoms with E-state index in [0.29, 0.717) is 86.5 Å². The van der Waals surface area contributed by atoms with E-state index in [0.717, 1.165) is 35.6 Å². The predicted molar refractivity (Wildman–Crippen MR) is 210 cm³/mol. The summed E-state index contributed by atoms with van der Waals surface area (Å²) in [7, 11) is 0. The number of halogens is 4. The van der Waals surface area contributed by atoms with Crippen LogP contribution in [0.3, 0.4) is 0 Å². The van der Waals surface area contributed by atoms with Crippen molar-refractivity contribution in [3.63, 3.8) is 0 Å². The highest BCUT2D eigenvalue weighted by Gasteiger charge is 2.25. The summed E-state index contributed by atoms with van der Waals surface area (Å²) in [5, 5.41) is 20.4. The monoisotopic (exact) mass is 809 g/mol. The number of anilines is 2. The number of aliphatic carboxylic acids is 1. The molecule has 2 atom stereocenters. The maximum atomic E-state index is 13.6. The van der Waals surface area contributed by atoms with E-state index >= 15 is 0 Å². The van der Waals surface area contributed by atoms with Crippen LogP contribution < -0.4 is 20.7 Å². The molecule has 4 N–H and O–H groups in total. The maximum absolute atomic E-state index is 13.6. The lowest BCUT2D eigenvalue weighted by molar-refractivity contribution is -0.138. The molecule has 0 bridgehead atoms. The van der Waals surface area contributed by atoms with Crippen molar-refractivity contribution in [2.24, 2.45) is 5.92 Å². The summed E-state index contributed by atoms with van der Waals surface area (Å²) < 4.78 is 33.1. The number of alkyl halides is 2. The fraction of sp³-hybridized carbons (Fsp3) is 0.359. The normalized spacial score (nSPS) is 17.5. The number of piperidine rings is 1. The van der Waals surface area contributed by atoms with Gasteiger partial charge in [0.25, 0.3) is 0 Å². The Morgan fingerprint density at radius 3 is 2.65 bits per heavy atom. The molecule has 0 saturated carbocycles. The van der Waals surface area contributed by atoms with Gasteiger partial charge in [-0.25, -0.2) is 15.0 Å². The van der Waals surface area contributed by atoms with E-state index in [2.05, 4.69) is 30.8 Å². The second-order valence-electron chi connectivity index (χ2n) is 13.8. The minimum absolute atomic E-state index is 0.00130. The molecule has 1 amide bonds. The van der Waals surface area contributed by atoms with Gasteiger partial charge in [-0.3, -0.25) is 14.5 Å². The highest BCUT2D eigenvalue weighted by Crippen LogP contribution is 2.43. The third kappa shape index (κ3) is 9.16. The number of carbonyl (C=O) groups is 2. The van der Waals surface area contributed by atoms with E-state index < -0.39 is 12.6 Å². The van der Waals surface area contributed by atoms with Crippen LogP contribution in [-0.4, -0.2) is 69.1 Å². The molecular formula is C39H39Cl2F2N7O4S. The van der Waals surface area contributed by atoms with Gasteiger partial charge in [-0.1, -0.05) is 53.5 Å². The van der Waals surface area contributed by atoms with Crippen molar-refractivity contribution < 1.29 is 28.2 Å². The zero-order valence-corrected chi connectivity index (χ0v) is 32.2. The minimum atomic E-state index is -3.09. The number of hydrogen-bond donors (Lipinski definition) is 4. The predicted octanol–water partition coefficient (Wildman–Crippen LogP) is 8.44. The van der Waals surface area contributed by atoms with E-state index in [-0.39, 0.29) is 36.7 Å². The molecule has 2 fully saturated rings. The number of hydrogen-bond acceptors (Lipinski definition) is 10. The molecule has 2 saturated heterocycles. The van der Waals surface area contributed by atoms with Gasteiger partial charge in [0.05, 0.1) is 32.7 Å². The van der Waals surface area contributed by atoms with E-state index in [1.807, 2.05) is 30.3 Å². The summed E-state index contributed by atoms with van der Waals surface area (Å²) in [6.07, 6.45) is 4.93. The molecule has 0 aliphatic carbocycles. The van der Waals surface area contributed by atoms with Crippen molar-refractivity contribution in [1.29, 1.82) is 0 Å². The van der Waals surface area contributed by atoms with Crippen LogP contribution in [0, 0.1) is 12.8 Å². The number of benzene rings is 2. The second kappa shape index (κ2) is 17.1. The van der Waals surface area contributed by atoms with Gasteiger partial charge in [0.2, 0.25) is 11.8 Å². The lowest BCUT2D eigenvalue weighted by Crippen LogP contribution is -2.35. The summed E-state index contributed by atoms with van der Waals surface area (Å²) in [5.41, 5.74) is 4.55. The number of carbonyl (C=O) groups excluding carboxylic acids is 1. The number of amides is 1. The van der Waals surface area contributed by atoms with Crippen LogP contribution in [0.2, 0.25) is 10.0 Å². The maximum Gasteiger partial charge on any atom is 0.388 e. The van der Waals surface area contributed by atoms with Gasteiger partial charge < -0.3 is 25.8 Å². The molecule has 288 valence electrons. The molecule has 55 heavy (non-hydrogen) atoms. The van der Waals surface area contributed by atoms with Crippen molar-refractivity contribution in [2.45, 2.75) is 64.8 Å². The molecule has 1 unspecified atom stereocenters. The van der Waals surface area contributed by atoms with Gasteiger partial charge in [0.1, 0.15) is 10.5 Å². The zero-order valence-electron chi connectivity index (χ0n) is 29.9. The van der Waals surface area contributed by atoms with Crippen LogP contribution >= 0.6 is 34.5 Å². The van der Waals surface area contributed by atoms with Crippen LogP contribution in [0.15, 0.2) is 54.7 Å². The number of thiazole rings is 1. The van der Waals surface area contributed by atoms with Crippen LogP contribution in [0.4, 0.5) is 20.3 Å². The Kier molecular flexibility index (Phi) is 12.1. The molecule has 5 heterocycles. The summed E-state index contributed by atoms with van der Waals surface area (Å²) in [5.74, 6) is -0.302. The first-order chi connectivity index (χ1) is 26.5. The van der Waals surface area contributed by atoms with Crippen LogP contribution in [0.25, 0.3) is 32.6 Å². The number of aromatic nitrogens is 3. The van der Waals surface area contributed by atoms with Crippen molar-refractivity contribution in [2.75, 3.05) is 25.0 Å². The highest BCUT2D eigenvalue weighted by atomic mass is 35.5. The number of nitrogens with one attached hydrogen (secondary N) is 3. The SMILES string of the molecule is Cc1cc(-c2cccc(-c3cccc(Nc4nccc5sc(CN6CCCC(CC(=O)O)C6)nc45)c3Cl)c2Cl)nc(OC(F)F)c1CNC[C@@H]1CCC(=O)N1. The van der Waals surface area contributed by atoms with E-state index in [4.69, 9.17) is 32.9 Å². The Bertz CT molecular complexity index is 2220. The lowest BCUT2D eigenvalue weighted by atomic mass is 9.95. The first-order valence-electron chi connectivity index (χ1n) is 18.0. The third-order valence-corrected chi connectivity index (χ3v) is 11.7. The minimum Gasteiger partial charge on any atom is -0.481 e. The number of fused-ring (bicyclic) bond motifs is 1. The summed E-state index contributed by atoms with van der Waals surface area (Å²) in [4.78, 5) is 39.1. The molecule has 7 rings (SSSR count). The topological polar surface area (TPSA) is 142 Å². The molecule has 2 aliphatic rings. The number of aryl methyl sites for hydroxylation is 1. The van der Waals surface area contributed by atoms with Crippen molar-refractivity contribution >= 4 is 68.1 Å². The molecular weight excluding hydrogens is 771 g/mol. The number of likely N-dealkylation sites (tertiary alicyclic amines) is 1. The molecule has 3 aromatic heterocycles. The van der Waals surface area contributed by atoms with Gasteiger partial charge in [-0.05, 0) is 62.4 Å². The first kappa shape index (κ1) is 38.8. The average Bonchev–Trinajstić information content (AvgIpc) is 3.75. The Morgan fingerprint density at radius 1 is 1.11 bits per heavy atom. The average molecular weight is 811 g/mol.